The fraction of sp³-hybridized carbons (Fsp3) is 0.846. The smallest absolute Gasteiger partial charge is 0.329 e. The van der Waals surface area contributed by atoms with E-state index >= 15 is 0 Å². The number of amides is 2. The lowest BCUT2D eigenvalue weighted by atomic mass is 9.93. The van der Waals surface area contributed by atoms with Crippen molar-refractivity contribution in [1.82, 2.24) is 10.6 Å². The quantitative estimate of drug-likeness (QED) is 0.699. The topological polar surface area (TPSA) is 78.4 Å². The molecular weight excluding hydrogens is 264 g/mol. The fourth-order valence-corrected chi connectivity index (χ4v) is 3.44. The molecule has 1 aliphatic heterocycles. The highest BCUT2D eigenvalue weighted by molar-refractivity contribution is 7.99. The number of hydrogen-bond acceptors (Lipinski definition) is 3. The third-order valence-corrected chi connectivity index (χ3v) is 4.91. The normalized spacial score (nSPS) is 16.9. The van der Waals surface area contributed by atoms with Crippen LogP contribution in [0.1, 0.15) is 39.5 Å². The molecule has 0 aromatic carbocycles. The molecule has 0 saturated carbocycles. The molecule has 1 rings (SSSR count). The average Bonchev–Trinajstić information content (AvgIpc) is 2.43. The average molecular weight is 288 g/mol. The summed E-state index contributed by atoms with van der Waals surface area (Å²) in [6, 6.07) is -0.371. The molecular formula is C13H24N2O3S. The number of carboxylic acid groups (broad SMARTS) is 1. The van der Waals surface area contributed by atoms with Gasteiger partial charge in [-0.05, 0) is 43.1 Å². The summed E-state index contributed by atoms with van der Waals surface area (Å²) in [7, 11) is 0. The second-order valence-electron chi connectivity index (χ2n) is 4.99. The highest BCUT2D eigenvalue weighted by Gasteiger charge is 2.36. The van der Waals surface area contributed by atoms with Gasteiger partial charge in [-0.3, -0.25) is 0 Å². The largest absolute Gasteiger partial charge is 0.480 e. The number of carbonyl (C=O) groups is 2. The van der Waals surface area contributed by atoms with E-state index in [4.69, 9.17) is 0 Å². The van der Waals surface area contributed by atoms with Crippen LogP contribution in [0.4, 0.5) is 4.79 Å². The van der Waals surface area contributed by atoms with E-state index in [1.807, 2.05) is 11.8 Å². The summed E-state index contributed by atoms with van der Waals surface area (Å²) in [5.41, 5.74) is -1.15. The summed E-state index contributed by atoms with van der Waals surface area (Å²) in [5, 5.41) is 14.7. The van der Waals surface area contributed by atoms with Crippen molar-refractivity contribution in [3.63, 3.8) is 0 Å². The van der Waals surface area contributed by atoms with Gasteiger partial charge in [-0.1, -0.05) is 13.8 Å². The molecule has 0 aromatic heterocycles. The van der Waals surface area contributed by atoms with Crippen molar-refractivity contribution in [3.8, 4) is 0 Å². The third kappa shape index (κ3) is 4.60. The molecule has 1 saturated heterocycles. The van der Waals surface area contributed by atoms with Gasteiger partial charge in [0.1, 0.15) is 5.54 Å². The first kappa shape index (κ1) is 16.1. The summed E-state index contributed by atoms with van der Waals surface area (Å²) >= 11 is 1.95. The molecule has 0 spiro atoms. The maximum Gasteiger partial charge on any atom is 0.329 e. The Bertz CT molecular complexity index is 313. The van der Waals surface area contributed by atoms with E-state index in [1.165, 1.54) is 0 Å². The molecule has 5 nitrogen and oxygen atoms in total. The predicted molar refractivity (Wildman–Crippen MR) is 77.5 cm³/mol. The van der Waals surface area contributed by atoms with E-state index < -0.39 is 11.5 Å². The van der Waals surface area contributed by atoms with Crippen LogP contribution in [0.5, 0.6) is 0 Å². The van der Waals surface area contributed by atoms with E-state index in [1.54, 1.807) is 13.8 Å². The first-order valence-electron chi connectivity index (χ1n) is 6.91. The molecule has 0 aromatic rings. The lowest BCUT2D eigenvalue weighted by Crippen LogP contribution is -2.56. The maximum atomic E-state index is 11.8. The number of urea groups is 1. The van der Waals surface area contributed by atoms with Crippen molar-refractivity contribution in [1.29, 1.82) is 0 Å². The Hall–Kier alpha value is -0.910. The summed E-state index contributed by atoms with van der Waals surface area (Å²) in [5.74, 6) is 1.85. The number of hydrogen-bond donors (Lipinski definition) is 3. The molecule has 6 heteroatoms. The Balaban J connectivity index is 2.42. The SMILES string of the molecule is CCC(CC)(NC(=O)NCC1CCSCC1)C(=O)O. The lowest BCUT2D eigenvalue weighted by Gasteiger charge is -2.29. The van der Waals surface area contributed by atoms with E-state index in [2.05, 4.69) is 10.6 Å². The zero-order valence-electron chi connectivity index (χ0n) is 11.7. The van der Waals surface area contributed by atoms with Gasteiger partial charge in [-0.2, -0.15) is 11.8 Å². The van der Waals surface area contributed by atoms with Crippen molar-refractivity contribution in [2.75, 3.05) is 18.1 Å². The predicted octanol–water partition coefficient (Wildman–Crippen LogP) is 2.07. The summed E-state index contributed by atoms with van der Waals surface area (Å²) in [4.78, 5) is 23.1. The molecule has 3 N–H and O–H groups in total. The van der Waals surface area contributed by atoms with Crippen molar-refractivity contribution >= 4 is 23.8 Å². The fourth-order valence-electron chi connectivity index (χ4n) is 2.23. The molecule has 0 radical (unpaired) electrons. The van der Waals surface area contributed by atoms with Crippen LogP contribution < -0.4 is 10.6 Å². The molecule has 0 unspecified atom stereocenters. The van der Waals surface area contributed by atoms with Crippen molar-refractivity contribution in [2.45, 2.75) is 45.1 Å². The van der Waals surface area contributed by atoms with Crippen LogP contribution >= 0.6 is 11.8 Å². The number of thioether (sulfide) groups is 1. The van der Waals surface area contributed by atoms with Gasteiger partial charge in [0.2, 0.25) is 0 Å². The van der Waals surface area contributed by atoms with Gasteiger partial charge in [-0.15, -0.1) is 0 Å². The highest BCUT2D eigenvalue weighted by atomic mass is 32.2. The van der Waals surface area contributed by atoms with Crippen molar-refractivity contribution in [3.05, 3.63) is 0 Å². The maximum absolute atomic E-state index is 11.8. The second kappa shape index (κ2) is 7.62. The van der Waals surface area contributed by atoms with Crippen LogP contribution in [0.3, 0.4) is 0 Å². The molecule has 110 valence electrons. The van der Waals surface area contributed by atoms with Crippen LogP contribution in [-0.2, 0) is 4.79 Å². The second-order valence-corrected chi connectivity index (χ2v) is 6.21. The minimum absolute atomic E-state index is 0.371. The highest BCUT2D eigenvalue weighted by Crippen LogP contribution is 2.22. The number of nitrogens with one attached hydrogen (secondary N) is 2. The zero-order valence-corrected chi connectivity index (χ0v) is 12.5. The number of rotatable bonds is 6. The van der Waals surface area contributed by atoms with Crippen molar-refractivity contribution in [2.24, 2.45) is 5.92 Å². The molecule has 0 aliphatic carbocycles. The van der Waals surface area contributed by atoms with Crippen molar-refractivity contribution < 1.29 is 14.7 Å². The minimum Gasteiger partial charge on any atom is -0.480 e. The summed E-state index contributed by atoms with van der Waals surface area (Å²) in [6.45, 7) is 4.18. The standard InChI is InChI=1S/C13H24N2O3S/c1-3-13(4-2,11(16)17)15-12(18)14-9-10-5-7-19-8-6-10/h10H,3-9H2,1-2H3,(H,16,17)(H2,14,15,18). The molecule has 0 bridgehead atoms. The summed E-state index contributed by atoms with van der Waals surface area (Å²) < 4.78 is 0. The van der Waals surface area contributed by atoms with Crippen LogP contribution in [0.2, 0.25) is 0 Å². The Labute approximate surface area is 118 Å². The summed E-state index contributed by atoms with van der Waals surface area (Å²) in [6.07, 6.45) is 3.01. The molecule has 0 atom stereocenters. The van der Waals surface area contributed by atoms with Crippen LogP contribution in [0.25, 0.3) is 0 Å². The van der Waals surface area contributed by atoms with Gasteiger partial charge < -0.3 is 15.7 Å². The van der Waals surface area contributed by atoms with Gasteiger partial charge in [0.05, 0.1) is 0 Å². The van der Waals surface area contributed by atoms with E-state index in [0.29, 0.717) is 25.3 Å². The van der Waals surface area contributed by atoms with Gasteiger partial charge in [-0.25, -0.2) is 9.59 Å². The minimum atomic E-state index is -1.15. The number of aliphatic carboxylic acids is 1. The van der Waals surface area contributed by atoms with Gasteiger partial charge in [0.25, 0.3) is 0 Å². The number of carbonyl (C=O) groups excluding carboxylic acids is 1. The Kier molecular flexibility index (Phi) is 6.48. The first-order valence-corrected chi connectivity index (χ1v) is 8.06. The molecule has 1 heterocycles. The monoisotopic (exact) mass is 288 g/mol. The van der Waals surface area contributed by atoms with Gasteiger partial charge >= 0.3 is 12.0 Å². The Morgan fingerprint density at radius 2 is 1.84 bits per heavy atom. The molecule has 2 amide bonds. The third-order valence-electron chi connectivity index (χ3n) is 3.86. The molecule has 1 aliphatic rings. The van der Waals surface area contributed by atoms with E-state index in [0.717, 1.165) is 24.3 Å². The van der Waals surface area contributed by atoms with Gasteiger partial charge in [0, 0.05) is 6.54 Å². The van der Waals surface area contributed by atoms with Crippen LogP contribution in [0.15, 0.2) is 0 Å². The Morgan fingerprint density at radius 1 is 1.26 bits per heavy atom. The van der Waals surface area contributed by atoms with Crippen LogP contribution in [-0.4, -0.2) is 40.7 Å². The van der Waals surface area contributed by atoms with E-state index in [-0.39, 0.29) is 6.03 Å². The molecule has 1 fully saturated rings. The van der Waals surface area contributed by atoms with E-state index in [9.17, 15) is 14.7 Å². The van der Waals surface area contributed by atoms with Gasteiger partial charge in [0.15, 0.2) is 0 Å². The zero-order chi connectivity index (χ0) is 14.3. The molecule has 19 heavy (non-hydrogen) atoms. The Morgan fingerprint density at radius 3 is 2.32 bits per heavy atom. The number of carboxylic acids is 1. The first-order chi connectivity index (χ1) is 9.04. The van der Waals surface area contributed by atoms with Crippen LogP contribution in [0, 0.1) is 5.92 Å². The lowest BCUT2D eigenvalue weighted by molar-refractivity contribution is -0.144.